The summed E-state index contributed by atoms with van der Waals surface area (Å²) < 4.78 is 0. The summed E-state index contributed by atoms with van der Waals surface area (Å²) in [6.45, 7) is 1.84. The second-order valence-electron chi connectivity index (χ2n) is 4.23. The van der Waals surface area contributed by atoms with Crippen molar-refractivity contribution in [3.05, 3.63) is 23.8 Å². The minimum atomic E-state index is -0.567. The smallest absolute Gasteiger partial charge is 0.253 e. The number of anilines is 2. The highest BCUT2D eigenvalue weighted by Gasteiger charge is 2.13. The highest BCUT2D eigenvalue weighted by molar-refractivity contribution is 6.00. The third-order valence-electron chi connectivity index (χ3n) is 2.31. The standard InChI is InChI=1S/C12H19N3O2/c1-8(16)7-14-12(17)10-6-9(13)4-5-11(10)15(2)3/h4-6,8,16H,7,13H2,1-3H3,(H,14,17)/t8-/m1/s1. The molecule has 0 unspecified atom stereocenters. The van der Waals surface area contributed by atoms with Crippen LogP contribution in [0.5, 0.6) is 0 Å². The molecule has 0 saturated carbocycles. The van der Waals surface area contributed by atoms with Crippen LogP contribution in [-0.2, 0) is 0 Å². The quantitative estimate of drug-likeness (QED) is 0.664. The molecular weight excluding hydrogens is 218 g/mol. The molecule has 0 aromatic heterocycles. The van der Waals surface area contributed by atoms with Gasteiger partial charge in [0.25, 0.3) is 5.91 Å². The Morgan fingerprint density at radius 3 is 2.71 bits per heavy atom. The molecular formula is C12H19N3O2. The van der Waals surface area contributed by atoms with Crippen LogP contribution in [0.15, 0.2) is 18.2 Å². The largest absolute Gasteiger partial charge is 0.399 e. The van der Waals surface area contributed by atoms with Crippen molar-refractivity contribution in [1.82, 2.24) is 5.32 Å². The summed E-state index contributed by atoms with van der Waals surface area (Å²) in [6.07, 6.45) is -0.567. The Kier molecular flexibility index (Phi) is 4.34. The highest BCUT2D eigenvalue weighted by atomic mass is 16.3. The molecule has 1 aromatic rings. The molecule has 94 valence electrons. The predicted molar refractivity (Wildman–Crippen MR) is 69.2 cm³/mol. The van der Waals surface area contributed by atoms with E-state index in [2.05, 4.69) is 5.32 Å². The Morgan fingerprint density at radius 2 is 2.18 bits per heavy atom. The first-order chi connectivity index (χ1) is 7.91. The zero-order chi connectivity index (χ0) is 13.0. The van der Waals surface area contributed by atoms with Gasteiger partial charge in [-0.25, -0.2) is 0 Å². The summed E-state index contributed by atoms with van der Waals surface area (Å²) in [5.74, 6) is -0.234. The van der Waals surface area contributed by atoms with E-state index in [1.54, 1.807) is 25.1 Å². The zero-order valence-electron chi connectivity index (χ0n) is 10.4. The Hall–Kier alpha value is -1.75. The lowest BCUT2D eigenvalue weighted by Crippen LogP contribution is -2.31. The monoisotopic (exact) mass is 237 g/mol. The summed E-state index contributed by atoms with van der Waals surface area (Å²) in [5.41, 5.74) is 7.52. The normalized spacial score (nSPS) is 12.0. The number of amides is 1. The van der Waals surface area contributed by atoms with Crippen molar-refractivity contribution in [1.29, 1.82) is 0 Å². The number of aliphatic hydroxyl groups is 1. The van der Waals surface area contributed by atoms with Crippen molar-refractivity contribution in [2.24, 2.45) is 0 Å². The number of rotatable bonds is 4. The van der Waals surface area contributed by atoms with Crippen LogP contribution in [-0.4, -0.2) is 37.8 Å². The number of aliphatic hydroxyl groups excluding tert-OH is 1. The number of carbonyl (C=O) groups excluding carboxylic acids is 1. The number of nitrogens with zero attached hydrogens (tertiary/aromatic N) is 1. The molecule has 4 N–H and O–H groups in total. The van der Waals surface area contributed by atoms with Crippen LogP contribution in [0.2, 0.25) is 0 Å². The van der Waals surface area contributed by atoms with Gasteiger partial charge in [0, 0.05) is 32.0 Å². The molecule has 0 spiro atoms. The molecule has 0 fully saturated rings. The van der Waals surface area contributed by atoms with Gasteiger partial charge >= 0.3 is 0 Å². The van der Waals surface area contributed by atoms with Crippen molar-refractivity contribution < 1.29 is 9.90 Å². The van der Waals surface area contributed by atoms with E-state index in [9.17, 15) is 4.79 Å². The van der Waals surface area contributed by atoms with E-state index in [0.717, 1.165) is 5.69 Å². The Morgan fingerprint density at radius 1 is 1.53 bits per heavy atom. The van der Waals surface area contributed by atoms with Crippen LogP contribution < -0.4 is 16.0 Å². The van der Waals surface area contributed by atoms with E-state index in [4.69, 9.17) is 10.8 Å². The van der Waals surface area contributed by atoms with E-state index in [-0.39, 0.29) is 12.5 Å². The van der Waals surface area contributed by atoms with Crippen LogP contribution >= 0.6 is 0 Å². The molecule has 5 heteroatoms. The fraction of sp³-hybridized carbons (Fsp3) is 0.417. The molecule has 1 rings (SSSR count). The van der Waals surface area contributed by atoms with Gasteiger partial charge in [0.1, 0.15) is 0 Å². The molecule has 17 heavy (non-hydrogen) atoms. The van der Waals surface area contributed by atoms with Crippen molar-refractivity contribution in [2.45, 2.75) is 13.0 Å². The second kappa shape index (κ2) is 5.54. The van der Waals surface area contributed by atoms with Crippen LogP contribution in [0.4, 0.5) is 11.4 Å². The summed E-state index contributed by atoms with van der Waals surface area (Å²) in [6, 6.07) is 5.18. The van der Waals surface area contributed by atoms with E-state index in [1.807, 2.05) is 19.0 Å². The average molecular weight is 237 g/mol. The van der Waals surface area contributed by atoms with Crippen molar-refractivity contribution in [3.63, 3.8) is 0 Å². The maximum absolute atomic E-state index is 11.9. The third-order valence-corrected chi connectivity index (χ3v) is 2.31. The molecule has 0 saturated heterocycles. The van der Waals surface area contributed by atoms with Crippen LogP contribution in [0, 0.1) is 0 Å². The second-order valence-corrected chi connectivity index (χ2v) is 4.23. The van der Waals surface area contributed by atoms with Crippen molar-refractivity contribution >= 4 is 17.3 Å². The van der Waals surface area contributed by atoms with Gasteiger partial charge in [-0.1, -0.05) is 0 Å². The summed E-state index contributed by atoms with van der Waals surface area (Å²) in [7, 11) is 3.72. The van der Waals surface area contributed by atoms with Gasteiger partial charge in [0.15, 0.2) is 0 Å². The van der Waals surface area contributed by atoms with Gasteiger partial charge in [0.2, 0.25) is 0 Å². The van der Waals surface area contributed by atoms with Gasteiger partial charge in [-0.2, -0.15) is 0 Å². The Bertz CT molecular complexity index is 403. The summed E-state index contributed by atoms with van der Waals surface area (Å²) in [5, 5.41) is 11.8. The first-order valence-electron chi connectivity index (χ1n) is 5.45. The lowest BCUT2D eigenvalue weighted by Gasteiger charge is -2.18. The Labute approximate surface area is 101 Å². The Balaban J connectivity index is 2.94. The number of carbonyl (C=O) groups is 1. The van der Waals surface area contributed by atoms with E-state index >= 15 is 0 Å². The van der Waals surface area contributed by atoms with Crippen LogP contribution in [0.25, 0.3) is 0 Å². The average Bonchev–Trinajstić information content (AvgIpc) is 2.25. The number of benzene rings is 1. The van der Waals surface area contributed by atoms with Gasteiger partial charge in [-0.05, 0) is 25.1 Å². The van der Waals surface area contributed by atoms with Gasteiger partial charge < -0.3 is 21.1 Å². The fourth-order valence-electron chi connectivity index (χ4n) is 1.46. The number of nitrogens with one attached hydrogen (secondary N) is 1. The molecule has 0 aliphatic rings. The van der Waals surface area contributed by atoms with Gasteiger partial charge in [-0.15, -0.1) is 0 Å². The molecule has 0 bridgehead atoms. The van der Waals surface area contributed by atoms with E-state index in [0.29, 0.717) is 11.3 Å². The van der Waals surface area contributed by atoms with E-state index < -0.39 is 6.10 Å². The third kappa shape index (κ3) is 3.64. The van der Waals surface area contributed by atoms with E-state index in [1.165, 1.54) is 0 Å². The van der Waals surface area contributed by atoms with Crippen molar-refractivity contribution in [3.8, 4) is 0 Å². The summed E-state index contributed by atoms with van der Waals surface area (Å²) in [4.78, 5) is 13.8. The first kappa shape index (κ1) is 13.3. The number of nitrogens with two attached hydrogens (primary N) is 1. The molecule has 5 nitrogen and oxygen atoms in total. The van der Waals surface area contributed by atoms with Gasteiger partial charge in [-0.3, -0.25) is 4.79 Å². The predicted octanol–water partition coefficient (Wildman–Crippen LogP) is 0.445. The minimum Gasteiger partial charge on any atom is -0.399 e. The van der Waals surface area contributed by atoms with Crippen molar-refractivity contribution in [2.75, 3.05) is 31.3 Å². The number of hydrogen-bond donors (Lipinski definition) is 3. The van der Waals surface area contributed by atoms with Crippen LogP contribution in [0.3, 0.4) is 0 Å². The minimum absolute atomic E-state index is 0.223. The molecule has 0 heterocycles. The number of nitrogen functional groups attached to an aromatic ring is 1. The SMILES string of the molecule is C[C@@H](O)CNC(=O)c1cc(N)ccc1N(C)C. The molecule has 1 amide bonds. The molecule has 1 atom stereocenters. The molecule has 0 aliphatic carbocycles. The van der Waals surface area contributed by atoms with Crippen LogP contribution in [0.1, 0.15) is 17.3 Å². The molecule has 1 aromatic carbocycles. The lowest BCUT2D eigenvalue weighted by atomic mass is 10.1. The molecule has 0 radical (unpaired) electrons. The topological polar surface area (TPSA) is 78.6 Å². The molecule has 0 aliphatic heterocycles. The zero-order valence-corrected chi connectivity index (χ0v) is 10.4. The maximum atomic E-state index is 11.9. The van der Waals surface area contributed by atoms with Gasteiger partial charge in [0.05, 0.1) is 11.7 Å². The maximum Gasteiger partial charge on any atom is 0.253 e. The fourth-order valence-corrected chi connectivity index (χ4v) is 1.46. The highest BCUT2D eigenvalue weighted by Crippen LogP contribution is 2.21. The lowest BCUT2D eigenvalue weighted by molar-refractivity contribution is 0.0924. The number of hydrogen-bond acceptors (Lipinski definition) is 4. The summed E-state index contributed by atoms with van der Waals surface area (Å²) >= 11 is 0. The first-order valence-corrected chi connectivity index (χ1v) is 5.45.